The molecule has 68 valence electrons. The van der Waals surface area contributed by atoms with Crippen molar-refractivity contribution in [1.29, 1.82) is 0 Å². The van der Waals surface area contributed by atoms with E-state index in [1.54, 1.807) is 0 Å². The number of nitrogens with one attached hydrogen (secondary N) is 2. The van der Waals surface area contributed by atoms with Crippen LogP contribution in [0.3, 0.4) is 0 Å². The Morgan fingerprint density at radius 2 is 2.23 bits per heavy atom. The molecule has 3 heteroatoms. The van der Waals surface area contributed by atoms with Crippen molar-refractivity contribution in [3.63, 3.8) is 0 Å². The lowest BCUT2D eigenvalue weighted by atomic mass is 10.0. The summed E-state index contributed by atoms with van der Waals surface area (Å²) in [5, 5.41) is 0.824. The molecular formula is C10H11ClN2. The van der Waals surface area contributed by atoms with Crippen molar-refractivity contribution in [2.45, 2.75) is 6.92 Å². The van der Waals surface area contributed by atoms with E-state index >= 15 is 0 Å². The second kappa shape index (κ2) is 3.40. The minimum Gasteiger partial charge on any atom is -0.328 e. The molecule has 0 fully saturated rings. The van der Waals surface area contributed by atoms with Crippen molar-refractivity contribution < 1.29 is 0 Å². The van der Waals surface area contributed by atoms with Crippen molar-refractivity contribution in [1.82, 2.24) is 10.9 Å². The van der Waals surface area contributed by atoms with Gasteiger partial charge in [0.2, 0.25) is 0 Å². The lowest BCUT2D eigenvalue weighted by molar-refractivity contribution is 0.729. The number of rotatable bonds is 1. The summed E-state index contributed by atoms with van der Waals surface area (Å²) in [7, 11) is 0. The molecule has 0 saturated carbocycles. The predicted octanol–water partition coefficient (Wildman–Crippen LogP) is 2.10. The fraction of sp³-hybridized carbons (Fsp3) is 0.200. The third kappa shape index (κ3) is 1.55. The molecule has 1 aliphatic rings. The first-order chi connectivity index (χ1) is 6.29. The number of hydrogen-bond acceptors (Lipinski definition) is 2. The minimum absolute atomic E-state index is 0.824. The molecule has 1 aliphatic heterocycles. The van der Waals surface area contributed by atoms with Gasteiger partial charge < -0.3 is 5.43 Å². The quantitative estimate of drug-likeness (QED) is 0.716. The second-order valence-corrected chi connectivity index (χ2v) is 3.49. The summed E-state index contributed by atoms with van der Waals surface area (Å²) in [5.41, 5.74) is 9.60. The molecule has 0 unspecified atom stereocenters. The summed E-state index contributed by atoms with van der Waals surface area (Å²) in [6.45, 7) is 2.89. The Balaban J connectivity index is 2.45. The Labute approximate surface area is 82.6 Å². The first-order valence-electron chi connectivity index (χ1n) is 4.22. The van der Waals surface area contributed by atoms with Crippen molar-refractivity contribution >= 4 is 17.2 Å². The van der Waals surface area contributed by atoms with Crippen LogP contribution in [0.1, 0.15) is 11.1 Å². The van der Waals surface area contributed by atoms with Gasteiger partial charge in [0.15, 0.2) is 0 Å². The molecule has 13 heavy (non-hydrogen) atoms. The first-order valence-corrected chi connectivity index (χ1v) is 4.60. The monoisotopic (exact) mass is 194 g/mol. The van der Waals surface area contributed by atoms with E-state index in [4.69, 9.17) is 11.6 Å². The number of hydrazine groups is 1. The topological polar surface area (TPSA) is 24.1 Å². The van der Waals surface area contributed by atoms with Gasteiger partial charge in [-0.3, -0.25) is 0 Å². The molecule has 1 aromatic rings. The zero-order valence-corrected chi connectivity index (χ0v) is 8.15. The molecule has 0 amide bonds. The summed E-state index contributed by atoms with van der Waals surface area (Å²) < 4.78 is 0. The molecule has 0 spiro atoms. The highest BCUT2D eigenvalue weighted by Crippen LogP contribution is 2.24. The van der Waals surface area contributed by atoms with E-state index in [0.717, 1.165) is 17.1 Å². The fourth-order valence-corrected chi connectivity index (χ4v) is 1.64. The SMILES string of the molecule is Cc1c(Cl)cccc1C1=CNNC1. The highest BCUT2D eigenvalue weighted by atomic mass is 35.5. The molecule has 1 aromatic carbocycles. The Morgan fingerprint density at radius 3 is 2.92 bits per heavy atom. The van der Waals surface area contributed by atoms with Crippen LogP contribution in [0.25, 0.3) is 5.57 Å². The van der Waals surface area contributed by atoms with Crippen molar-refractivity contribution in [2.75, 3.05) is 6.54 Å². The molecule has 2 rings (SSSR count). The van der Waals surface area contributed by atoms with Crippen LogP contribution in [0, 0.1) is 6.92 Å². The molecule has 2 nitrogen and oxygen atoms in total. The van der Waals surface area contributed by atoms with Crippen molar-refractivity contribution in [3.05, 3.63) is 40.5 Å². The van der Waals surface area contributed by atoms with Crippen molar-refractivity contribution in [2.24, 2.45) is 0 Å². The first kappa shape index (κ1) is 8.60. The van der Waals surface area contributed by atoms with Gasteiger partial charge in [-0.05, 0) is 29.7 Å². The van der Waals surface area contributed by atoms with E-state index in [9.17, 15) is 0 Å². The van der Waals surface area contributed by atoms with Crippen LogP contribution >= 0.6 is 11.6 Å². The van der Waals surface area contributed by atoms with E-state index in [1.807, 2.05) is 25.3 Å². The highest BCUT2D eigenvalue weighted by Gasteiger charge is 2.09. The minimum atomic E-state index is 0.824. The average Bonchev–Trinajstić information content (AvgIpc) is 2.62. The molecule has 0 bridgehead atoms. The summed E-state index contributed by atoms with van der Waals surface area (Å²) >= 11 is 6.02. The Kier molecular flexibility index (Phi) is 2.25. The molecule has 1 heterocycles. The molecule has 0 atom stereocenters. The van der Waals surface area contributed by atoms with Gasteiger partial charge in [-0.2, -0.15) is 0 Å². The van der Waals surface area contributed by atoms with Gasteiger partial charge in [0.25, 0.3) is 0 Å². The predicted molar refractivity (Wildman–Crippen MR) is 55.3 cm³/mol. The van der Waals surface area contributed by atoms with E-state index in [1.165, 1.54) is 11.1 Å². The number of hydrogen-bond donors (Lipinski definition) is 2. The van der Waals surface area contributed by atoms with Crippen LogP contribution in [-0.2, 0) is 0 Å². The standard InChI is InChI=1S/C10H11ClN2/c1-7-9(3-2-4-10(7)11)8-5-12-13-6-8/h2-5,12-13H,6H2,1H3. The van der Waals surface area contributed by atoms with Gasteiger partial charge in [0.05, 0.1) is 0 Å². The zero-order valence-electron chi connectivity index (χ0n) is 7.39. The van der Waals surface area contributed by atoms with Gasteiger partial charge in [0, 0.05) is 17.8 Å². The third-order valence-corrected chi connectivity index (χ3v) is 2.65. The van der Waals surface area contributed by atoms with Gasteiger partial charge in [-0.1, -0.05) is 23.7 Å². The Bertz CT molecular complexity index is 358. The molecule has 0 aromatic heterocycles. The normalized spacial score (nSPS) is 15.4. The van der Waals surface area contributed by atoms with Gasteiger partial charge in [-0.25, -0.2) is 5.43 Å². The van der Waals surface area contributed by atoms with E-state index < -0.39 is 0 Å². The third-order valence-electron chi connectivity index (χ3n) is 2.24. The van der Waals surface area contributed by atoms with Crippen molar-refractivity contribution in [3.8, 4) is 0 Å². The van der Waals surface area contributed by atoms with Gasteiger partial charge >= 0.3 is 0 Å². The Hall–Kier alpha value is -0.990. The largest absolute Gasteiger partial charge is 0.328 e. The van der Waals surface area contributed by atoms with E-state index in [0.29, 0.717) is 0 Å². The van der Waals surface area contributed by atoms with E-state index in [2.05, 4.69) is 16.9 Å². The number of benzene rings is 1. The lowest BCUT2D eigenvalue weighted by Crippen LogP contribution is -2.20. The highest BCUT2D eigenvalue weighted by molar-refractivity contribution is 6.31. The molecular weight excluding hydrogens is 184 g/mol. The molecule has 0 aliphatic carbocycles. The van der Waals surface area contributed by atoms with E-state index in [-0.39, 0.29) is 0 Å². The zero-order chi connectivity index (χ0) is 9.26. The summed E-state index contributed by atoms with van der Waals surface area (Å²) in [5.74, 6) is 0. The van der Waals surface area contributed by atoms with Gasteiger partial charge in [-0.15, -0.1) is 0 Å². The second-order valence-electron chi connectivity index (χ2n) is 3.08. The van der Waals surface area contributed by atoms with Gasteiger partial charge in [0.1, 0.15) is 0 Å². The van der Waals surface area contributed by atoms with Crippen LogP contribution < -0.4 is 10.9 Å². The smallest absolute Gasteiger partial charge is 0.0441 e. The molecule has 2 N–H and O–H groups in total. The van der Waals surface area contributed by atoms with Crippen LogP contribution in [0.15, 0.2) is 24.4 Å². The molecule has 0 saturated heterocycles. The maximum atomic E-state index is 6.02. The summed E-state index contributed by atoms with van der Waals surface area (Å²) in [4.78, 5) is 0. The van der Waals surface area contributed by atoms with Crippen LogP contribution in [-0.4, -0.2) is 6.54 Å². The lowest BCUT2D eigenvalue weighted by Gasteiger charge is -2.06. The van der Waals surface area contributed by atoms with Crippen LogP contribution in [0.5, 0.6) is 0 Å². The molecule has 0 radical (unpaired) electrons. The maximum absolute atomic E-state index is 6.02. The Morgan fingerprint density at radius 1 is 1.38 bits per heavy atom. The fourth-order valence-electron chi connectivity index (χ4n) is 1.46. The number of halogens is 1. The summed E-state index contributed by atoms with van der Waals surface area (Å²) in [6, 6.07) is 5.97. The maximum Gasteiger partial charge on any atom is 0.0441 e. The van der Waals surface area contributed by atoms with Crippen LogP contribution in [0.2, 0.25) is 5.02 Å². The average molecular weight is 195 g/mol. The van der Waals surface area contributed by atoms with Crippen LogP contribution in [0.4, 0.5) is 0 Å². The summed E-state index contributed by atoms with van der Waals surface area (Å²) in [6.07, 6.45) is 1.97.